The molecule has 0 amide bonds. The minimum absolute atomic E-state index is 0.123. The highest BCUT2D eigenvalue weighted by atomic mass is 32.1. The summed E-state index contributed by atoms with van der Waals surface area (Å²) in [5.41, 5.74) is 4.51. The van der Waals surface area contributed by atoms with E-state index in [0.29, 0.717) is 23.8 Å². The Hall–Kier alpha value is -2.77. The SMILES string of the molecule is Cc1cc(C)c2cc(CN(Cc3ccc(F)cc3)C(=S)NCCCN(C)C)c(=O)[nH]c2c1. The predicted molar refractivity (Wildman–Crippen MR) is 133 cm³/mol. The number of fused-ring (bicyclic) bond motifs is 1. The van der Waals surface area contributed by atoms with Crippen molar-refractivity contribution in [3.63, 3.8) is 0 Å². The van der Waals surface area contributed by atoms with Crippen LogP contribution in [-0.4, -0.2) is 47.1 Å². The fraction of sp³-hybridized carbons (Fsp3) is 0.360. The van der Waals surface area contributed by atoms with Gasteiger partial charge in [-0.25, -0.2) is 4.39 Å². The average molecular weight is 455 g/mol. The van der Waals surface area contributed by atoms with Gasteiger partial charge < -0.3 is 20.1 Å². The molecule has 0 unspecified atom stereocenters. The van der Waals surface area contributed by atoms with Crippen LogP contribution < -0.4 is 10.9 Å². The lowest BCUT2D eigenvalue weighted by Gasteiger charge is -2.26. The fourth-order valence-electron chi connectivity index (χ4n) is 3.75. The van der Waals surface area contributed by atoms with Crippen LogP contribution in [0.25, 0.3) is 10.9 Å². The number of halogens is 1. The van der Waals surface area contributed by atoms with Crippen molar-refractivity contribution in [2.75, 3.05) is 27.2 Å². The van der Waals surface area contributed by atoms with Crippen LogP contribution in [0, 0.1) is 19.7 Å². The van der Waals surface area contributed by atoms with Gasteiger partial charge in [-0.3, -0.25) is 4.79 Å². The molecular formula is C25H31FN4OS. The highest BCUT2D eigenvalue weighted by molar-refractivity contribution is 7.80. The number of thiocarbonyl (C=S) groups is 1. The zero-order valence-corrected chi connectivity index (χ0v) is 20.0. The number of hydrogen-bond donors (Lipinski definition) is 2. The van der Waals surface area contributed by atoms with Crippen molar-refractivity contribution in [1.82, 2.24) is 20.1 Å². The smallest absolute Gasteiger partial charge is 0.253 e. The van der Waals surface area contributed by atoms with Crippen molar-refractivity contribution >= 4 is 28.2 Å². The normalized spacial score (nSPS) is 11.2. The van der Waals surface area contributed by atoms with Crippen LogP contribution in [0.4, 0.5) is 4.39 Å². The van der Waals surface area contributed by atoms with Gasteiger partial charge in [0.15, 0.2) is 5.11 Å². The predicted octanol–water partition coefficient (Wildman–Crippen LogP) is 4.11. The van der Waals surface area contributed by atoms with Crippen LogP contribution in [-0.2, 0) is 13.1 Å². The van der Waals surface area contributed by atoms with E-state index >= 15 is 0 Å². The first kappa shape index (κ1) is 23.9. The van der Waals surface area contributed by atoms with E-state index in [1.54, 1.807) is 12.1 Å². The molecule has 1 heterocycles. The van der Waals surface area contributed by atoms with E-state index in [2.05, 4.69) is 21.3 Å². The number of pyridine rings is 1. The number of benzene rings is 2. The van der Waals surface area contributed by atoms with Gasteiger partial charge >= 0.3 is 0 Å². The van der Waals surface area contributed by atoms with Crippen molar-refractivity contribution in [2.45, 2.75) is 33.4 Å². The Balaban J connectivity index is 1.85. The maximum atomic E-state index is 13.4. The Morgan fingerprint density at radius 1 is 1.09 bits per heavy atom. The molecule has 32 heavy (non-hydrogen) atoms. The van der Waals surface area contributed by atoms with Gasteiger partial charge in [-0.1, -0.05) is 18.2 Å². The third kappa shape index (κ3) is 6.37. The van der Waals surface area contributed by atoms with E-state index in [-0.39, 0.29) is 11.4 Å². The lowest BCUT2D eigenvalue weighted by molar-refractivity contribution is 0.383. The van der Waals surface area contributed by atoms with Gasteiger partial charge in [-0.2, -0.15) is 0 Å². The lowest BCUT2D eigenvalue weighted by atomic mass is 10.0. The third-order valence-corrected chi connectivity index (χ3v) is 5.79. The van der Waals surface area contributed by atoms with E-state index in [1.807, 2.05) is 45.0 Å². The number of aromatic nitrogens is 1. The average Bonchev–Trinajstić information content (AvgIpc) is 2.72. The van der Waals surface area contributed by atoms with Crippen molar-refractivity contribution in [3.05, 3.63) is 80.9 Å². The molecule has 7 heteroatoms. The third-order valence-electron chi connectivity index (χ3n) is 5.38. The number of H-pyrrole nitrogens is 1. The fourth-order valence-corrected chi connectivity index (χ4v) is 3.98. The van der Waals surface area contributed by atoms with Crippen molar-refractivity contribution in [2.24, 2.45) is 0 Å². The zero-order valence-electron chi connectivity index (χ0n) is 19.2. The molecule has 2 N–H and O–H groups in total. The first-order chi connectivity index (χ1) is 15.2. The molecule has 0 fully saturated rings. The molecule has 0 aliphatic rings. The Kier molecular flexibility index (Phi) is 7.99. The number of hydrogen-bond acceptors (Lipinski definition) is 3. The molecule has 170 valence electrons. The first-order valence-electron chi connectivity index (χ1n) is 10.8. The van der Waals surface area contributed by atoms with Crippen LogP contribution in [0.5, 0.6) is 0 Å². The Morgan fingerprint density at radius 3 is 2.50 bits per heavy atom. The van der Waals surface area contributed by atoms with Gasteiger partial charge in [0.2, 0.25) is 0 Å². The summed E-state index contributed by atoms with van der Waals surface area (Å²) < 4.78 is 13.4. The monoisotopic (exact) mass is 454 g/mol. The van der Waals surface area contributed by atoms with E-state index in [1.165, 1.54) is 12.1 Å². The number of aryl methyl sites for hydroxylation is 2. The maximum Gasteiger partial charge on any atom is 0.253 e. The first-order valence-corrected chi connectivity index (χ1v) is 11.2. The molecule has 5 nitrogen and oxygen atoms in total. The van der Waals surface area contributed by atoms with Crippen molar-refractivity contribution in [3.8, 4) is 0 Å². The van der Waals surface area contributed by atoms with Gasteiger partial charge in [0, 0.05) is 29.6 Å². The van der Waals surface area contributed by atoms with E-state index < -0.39 is 0 Å². The summed E-state index contributed by atoms with van der Waals surface area (Å²) in [5.74, 6) is -0.276. The van der Waals surface area contributed by atoms with Crippen molar-refractivity contribution < 1.29 is 4.39 Å². The maximum absolute atomic E-state index is 13.4. The summed E-state index contributed by atoms with van der Waals surface area (Å²) in [5, 5.41) is 4.91. The molecule has 3 aromatic rings. The largest absolute Gasteiger partial charge is 0.363 e. The van der Waals surface area contributed by atoms with Gasteiger partial charge in [0.25, 0.3) is 5.56 Å². The van der Waals surface area contributed by atoms with Crippen LogP contribution in [0.3, 0.4) is 0 Å². The molecule has 0 saturated heterocycles. The summed E-state index contributed by atoms with van der Waals surface area (Å²) in [4.78, 5) is 19.9. The van der Waals surface area contributed by atoms with E-state index in [4.69, 9.17) is 12.2 Å². The molecule has 2 aromatic carbocycles. The molecule has 1 aromatic heterocycles. The molecule has 0 spiro atoms. The molecule has 0 bridgehead atoms. The van der Waals surface area contributed by atoms with E-state index in [9.17, 15) is 9.18 Å². The molecular weight excluding hydrogens is 423 g/mol. The molecule has 3 rings (SSSR count). The van der Waals surface area contributed by atoms with Gasteiger partial charge in [-0.15, -0.1) is 0 Å². The number of nitrogens with one attached hydrogen (secondary N) is 2. The zero-order chi connectivity index (χ0) is 23.3. The van der Waals surface area contributed by atoms with Crippen LogP contribution in [0.15, 0.2) is 47.3 Å². The number of nitrogens with zero attached hydrogens (tertiary/aromatic N) is 2. The Morgan fingerprint density at radius 2 is 1.81 bits per heavy atom. The number of rotatable bonds is 8. The molecule has 0 atom stereocenters. The highest BCUT2D eigenvalue weighted by Gasteiger charge is 2.15. The molecule has 0 radical (unpaired) electrons. The van der Waals surface area contributed by atoms with Crippen LogP contribution >= 0.6 is 12.2 Å². The quantitative estimate of drug-likeness (QED) is 0.396. The van der Waals surface area contributed by atoms with Gasteiger partial charge in [-0.05, 0) is 94.1 Å². The summed E-state index contributed by atoms with van der Waals surface area (Å²) in [7, 11) is 4.07. The minimum atomic E-state index is -0.276. The molecule has 0 saturated carbocycles. The summed E-state index contributed by atoms with van der Waals surface area (Å²) >= 11 is 5.68. The summed E-state index contributed by atoms with van der Waals surface area (Å²) in [6.07, 6.45) is 0.951. The Bertz CT molecular complexity index is 1140. The van der Waals surface area contributed by atoms with Crippen LogP contribution in [0.2, 0.25) is 0 Å². The Labute approximate surface area is 194 Å². The second-order valence-electron chi connectivity index (χ2n) is 8.54. The number of aromatic amines is 1. The van der Waals surface area contributed by atoms with Crippen molar-refractivity contribution in [1.29, 1.82) is 0 Å². The topological polar surface area (TPSA) is 51.4 Å². The highest BCUT2D eigenvalue weighted by Crippen LogP contribution is 2.19. The summed E-state index contributed by atoms with van der Waals surface area (Å²) in [6.45, 7) is 6.59. The second kappa shape index (κ2) is 10.7. The molecule has 0 aliphatic carbocycles. The second-order valence-corrected chi connectivity index (χ2v) is 8.92. The summed E-state index contributed by atoms with van der Waals surface area (Å²) in [6, 6.07) is 12.4. The lowest BCUT2D eigenvalue weighted by Crippen LogP contribution is -2.40. The van der Waals surface area contributed by atoms with Crippen LogP contribution in [0.1, 0.15) is 28.7 Å². The van der Waals surface area contributed by atoms with Gasteiger partial charge in [0.1, 0.15) is 5.82 Å². The van der Waals surface area contributed by atoms with E-state index in [0.717, 1.165) is 47.1 Å². The molecule has 0 aliphatic heterocycles. The minimum Gasteiger partial charge on any atom is -0.363 e. The standard InChI is InChI=1S/C25H31FN4OS/c1-17-12-18(2)22-14-20(24(31)28-23(22)13-17)16-30(15-19-6-8-21(26)9-7-19)25(32)27-10-5-11-29(3)4/h6-9,12-14H,5,10-11,15-16H2,1-4H3,(H,27,32)(H,28,31). The van der Waals surface area contributed by atoms with Gasteiger partial charge in [0.05, 0.1) is 6.54 Å².